The number of rotatable bonds is 4. The Morgan fingerprint density at radius 1 is 1.17 bits per heavy atom. The van der Waals surface area contributed by atoms with Crippen molar-refractivity contribution in [2.45, 2.75) is 18.5 Å². The third-order valence-corrected chi connectivity index (χ3v) is 3.91. The highest BCUT2D eigenvalue weighted by atomic mass is 19.1. The molecule has 0 spiro atoms. The summed E-state index contributed by atoms with van der Waals surface area (Å²) in [6, 6.07) is 5.50. The van der Waals surface area contributed by atoms with E-state index in [1.807, 2.05) is 0 Å². The summed E-state index contributed by atoms with van der Waals surface area (Å²) >= 11 is 0. The minimum absolute atomic E-state index is 0.0994. The summed E-state index contributed by atoms with van der Waals surface area (Å²) in [5.74, 6) is -0.586. The Hall–Kier alpha value is -2.77. The first kappa shape index (κ1) is 16.1. The fourth-order valence-corrected chi connectivity index (χ4v) is 2.45. The molecule has 1 fully saturated rings. The molecular weight excluding hydrogens is 320 g/mol. The van der Waals surface area contributed by atoms with Gasteiger partial charge >= 0.3 is 5.97 Å². The fraction of sp³-hybridized carbons (Fsp3) is 0.312. The van der Waals surface area contributed by atoms with Gasteiger partial charge in [0, 0.05) is 25.9 Å². The van der Waals surface area contributed by atoms with Crippen molar-refractivity contribution in [1.82, 2.24) is 9.97 Å². The van der Waals surface area contributed by atoms with Gasteiger partial charge in [-0.25, -0.2) is 23.5 Å². The molecule has 24 heavy (non-hydrogen) atoms. The molecule has 0 atom stereocenters. The predicted molar refractivity (Wildman–Crippen MR) is 81.4 cm³/mol. The molecule has 1 aromatic carbocycles. The summed E-state index contributed by atoms with van der Waals surface area (Å²) in [4.78, 5) is 21.0. The van der Waals surface area contributed by atoms with Gasteiger partial charge in [0.1, 0.15) is 17.4 Å². The monoisotopic (exact) mass is 335 g/mol. The van der Waals surface area contributed by atoms with Crippen molar-refractivity contribution >= 4 is 11.8 Å². The lowest BCUT2D eigenvalue weighted by atomic mass is 9.93. The second-order valence-corrected chi connectivity index (χ2v) is 5.53. The largest absolute Gasteiger partial charge is 0.479 e. The third-order valence-electron chi connectivity index (χ3n) is 3.91. The van der Waals surface area contributed by atoms with Crippen molar-refractivity contribution in [3.63, 3.8) is 0 Å². The lowest BCUT2D eigenvalue weighted by Crippen LogP contribution is -2.46. The van der Waals surface area contributed by atoms with Crippen molar-refractivity contribution in [3.8, 4) is 11.6 Å². The molecule has 1 saturated heterocycles. The van der Waals surface area contributed by atoms with Gasteiger partial charge in [-0.15, -0.1) is 0 Å². The summed E-state index contributed by atoms with van der Waals surface area (Å²) in [6.45, 7) is 0.491. The molecule has 1 aromatic heterocycles. The van der Waals surface area contributed by atoms with E-state index in [4.69, 9.17) is 9.84 Å². The van der Waals surface area contributed by atoms with Crippen LogP contribution in [0.2, 0.25) is 0 Å². The number of carboxylic acid groups (broad SMARTS) is 1. The Bertz CT molecular complexity index is 714. The average Bonchev–Trinajstić information content (AvgIpc) is 2.58. The maximum absolute atomic E-state index is 14.0. The summed E-state index contributed by atoms with van der Waals surface area (Å²) in [5.41, 5.74) is -2.17. The van der Waals surface area contributed by atoms with Gasteiger partial charge in [-0.1, -0.05) is 0 Å². The number of halogens is 2. The van der Waals surface area contributed by atoms with Crippen LogP contribution < -0.4 is 9.64 Å². The smallest absolute Gasteiger partial charge is 0.341 e. The molecule has 1 aliphatic heterocycles. The Morgan fingerprint density at radius 3 is 2.38 bits per heavy atom. The van der Waals surface area contributed by atoms with E-state index in [0.717, 1.165) is 0 Å². The number of hydrogen-bond donors (Lipinski definition) is 1. The molecule has 0 aliphatic carbocycles. The fourth-order valence-electron chi connectivity index (χ4n) is 2.45. The zero-order valence-corrected chi connectivity index (χ0v) is 12.7. The number of aromatic nitrogens is 2. The second kappa shape index (κ2) is 6.38. The first-order chi connectivity index (χ1) is 11.5. The van der Waals surface area contributed by atoms with Crippen LogP contribution in [0.1, 0.15) is 12.8 Å². The zero-order chi connectivity index (χ0) is 17.2. The molecule has 0 unspecified atom stereocenters. The van der Waals surface area contributed by atoms with Gasteiger partial charge in [-0.3, -0.25) is 0 Å². The van der Waals surface area contributed by atoms with E-state index in [1.54, 1.807) is 4.90 Å². The minimum Gasteiger partial charge on any atom is -0.479 e. The van der Waals surface area contributed by atoms with Crippen LogP contribution in [0.4, 0.5) is 14.6 Å². The molecule has 2 aromatic rings. The number of carboxylic acids is 1. The van der Waals surface area contributed by atoms with Crippen LogP contribution in [0.5, 0.6) is 11.6 Å². The number of anilines is 1. The topological polar surface area (TPSA) is 75.5 Å². The SMILES string of the molecule is O=C(O)C1(F)CCN(c2cnc(Oc3ccc(F)cc3)cn2)CC1. The molecule has 6 nitrogen and oxygen atoms in total. The Labute approximate surface area is 136 Å². The van der Waals surface area contributed by atoms with Crippen LogP contribution in [0.15, 0.2) is 36.7 Å². The van der Waals surface area contributed by atoms with Crippen molar-refractivity contribution in [1.29, 1.82) is 0 Å². The van der Waals surface area contributed by atoms with E-state index in [2.05, 4.69) is 9.97 Å². The predicted octanol–water partition coefficient (Wildman–Crippen LogP) is 2.80. The van der Waals surface area contributed by atoms with Gasteiger partial charge in [0.05, 0.1) is 12.4 Å². The molecule has 1 N–H and O–H groups in total. The van der Waals surface area contributed by atoms with E-state index < -0.39 is 11.6 Å². The van der Waals surface area contributed by atoms with E-state index >= 15 is 0 Å². The molecule has 0 amide bonds. The normalized spacial score (nSPS) is 16.7. The number of alkyl halides is 1. The van der Waals surface area contributed by atoms with Crippen LogP contribution in [0.3, 0.4) is 0 Å². The lowest BCUT2D eigenvalue weighted by molar-refractivity contribution is -0.152. The van der Waals surface area contributed by atoms with E-state index in [1.165, 1.54) is 36.7 Å². The molecule has 3 rings (SSSR count). The molecule has 2 heterocycles. The van der Waals surface area contributed by atoms with Crippen LogP contribution in [-0.2, 0) is 4.79 Å². The summed E-state index contributed by atoms with van der Waals surface area (Å²) < 4.78 is 32.3. The molecule has 0 bridgehead atoms. The van der Waals surface area contributed by atoms with Crippen molar-refractivity contribution in [2.75, 3.05) is 18.0 Å². The summed E-state index contributed by atoms with van der Waals surface area (Å²) in [6.07, 6.45) is 2.69. The first-order valence-corrected chi connectivity index (χ1v) is 7.39. The number of nitrogens with zero attached hydrogens (tertiary/aromatic N) is 3. The highest BCUT2D eigenvalue weighted by Crippen LogP contribution is 2.29. The van der Waals surface area contributed by atoms with Gasteiger partial charge in [0.15, 0.2) is 0 Å². The average molecular weight is 335 g/mol. The Kier molecular flexibility index (Phi) is 4.28. The van der Waals surface area contributed by atoms with Crippen LogP contribution >= 0.6 is 0 Å². The maximum Gasteiger partial charge on any atom is 0.341 e. The number of ether oxygens (including phenoxy) is 1. The van der Waals surface area contributed by atoms with Crippen LogP contribution in [-0.4, -0.2) is 39.8 Å². The van der Waals surface area contributed by atoms with Gasteiger partial charge < -0.3 is 14.7 Å². The summed E-state index contributed by atoms with van der Waals surface area (Å²) in [7, 11) is 0. The molecule has 1 aliphatic rings. The zero-order valence-electron chi connectivity index (χ0n) is 12.7. The number of benzene rings is 1. The molecule has 0 radical (unpaired) electrons. The highest BCUT2D eigenvalue weighted by Gasteiger charge is 2.42. The van der Waals surface area contributed by atoms with Gasteiger partial charge in [-0.05, 0) is 24.3 Å². The second-order valence-electron chi connectivity index (χ2n) is 5.53. The third kappa shape index (κ3) is 3.42. The lowest BCUT2D eigenvalue weighted by Gasteiger charge is -2.34. The standard InChI is InChI=1S/C16H15F2N3O3/c17-11-1-3-12(4-2-11)24-14-10-19-13(9-20-14)21-7-5-16(18,6-8-21)15(22)23/h1-4,9-10H,5-8H2,(H,22,23). The van der Waals surface area contributed by atoms with Crippen LogP contribution in [0.25, 0.3) is 0 Å². The molecule has 8 heteroatoms. The van der Waals surface area contributed by atoms with Gasteiger partial charge in [0.2, 0.25) is 11.5 Å². The van der Waals surface area contributed by atoms with E-state index in [9.17, 15) is 13.6 Å². The number of aliphatic carboxylic acids is 1. The van der Waals surface area contributed by atoms with E-state index in [0.29, 0.717) is 11.6 Å². The highest BCUT2D eigenvalue weighted by molar-refractivity contribution is 5.77. The first-order valence-electron chi connectivity index (χ1n) is 7.39. The van der Waals surface area contributed by atoms with Crippen molar-refractivity contribution in [3.05, 3.63) is 42.5 Å². The Morgan fingerprint density at radius 2 is 1.83 bits per heavy atom. The summed E-state index contributed by atoms with van der Waals surface area (Å²) in [5, 5.41) is 8.89. The maximum atomic E-state index is 14.0. The number of piperidine rings is 1. The molecular formula is C16H15F2N3O3. The number of hydrogen-bond acceptors (Lipinski definition) is 5. The van der Waals surface area contributed by atoms with Crippen molar-refractivity contribution < 1.29 is 23.4 Å². The van der Waals surface area contributed by atoms with Gasteiger partial charge in [-0.2, -0.15) is 0 Å². The molecule has 126 valence electrons. The molecule has 0 saturated carbocycles. The Balaban J connectivity index is 1.63. The van der Waals surface area contributed by atoms with E-state index in [-0.39, 0.29) is 37.6 Å². The van der Waals surface area contributed by atoms with Gasteiger partial charge in [0.25, 0.3) is 0 Å². The number of carbonyl (C=O) groups is 1. The van der Waals surface area contributed by atoms with Crippen molar-refractivity contribution in [2.24, 2.45) is 0 Å². The van der Waals surface area contributed by atoms with Crippen LogP contribution in [0, 0.1) is 5.82 Å². The quantitative estimate of drug-likeness (QED) is 0.926. The minimum atomic E-state index is -2.17.